The second kappa shape index (κ2) is 6.20. The SMILES string of the molecule is O=C(c1cnc2n1C=C(C(F)(F)F)CC2c1cnco1)N1C2CCC1COC2. The Balaban J connectivity index is 1.58. The van der Waals surface area contributed by atoms with Gasteiger partial charge in [-0.05, 0) is 19.3 Å². The van der Waals surface area contributed by atoms with Crippen molar-refractivity contribution in [3.05, 3.63) is 41.6 Å². The number of halogens is 3. The molecule has 2 bridgehead atoms. The number of imidazole rings is 1. The standard InChI is InChI=1S/C18H17F3N4O3/c19-18(20,21)10-3-13(15-5-22-9-28-15)16-23-4-14(24(16)6-10)17(26)25-11-1-2-12(25)8-27-7-11/h4-6,9,11-13H,1-3,7-8H2. The molecular formula is C18H17F3N4O3. The second-order valence-corrected chi connectivity index (χ2v) is 7.32. The summed E-state index contributed by atoms with van der Waals surface area (Å²) in [6, 6.07) is -0.0887. The summed E-state index contributed by atoms with van der Waals surface area (Å²) in [4.78, 5) is 23.0. The van der Waals surface area contributed by atoms with Gasteiger partial charge >= 0.3 is 6.18 Å². The lowest BCUT2D eigenvalue weighted by molar-refractivity contribution is -0.0941. The van der Waals surface area contributed by atoms with Crippen LogP contribution in [0, 0.1) is 0 Å². The van der Waals surface area contributed by atoms with Crippen LogP contribution in [0.15, 0.2) is 28.8 Å². The second-order valence-electron chi connectivity index (χ2n) is 7.32. The van der Waals surface area contributed by atoms with Crippen molar-refractivity contribution in [3.8, 4) is 0 Å². The quantitative estimate of drug-likeness (QED) is 0.783. The third kappa shape index (κ3) is 2.66. The Hall–Kier alpha value is -2.62. The molecule has 2 aromatic rings. The maximum Gasteiger partial charge on any atom is 0.414 e. The summed E-state index contributed by atoms with van der Waals surface area (Å²) in [6.07, 6.45) is 1.73. The first-order chi connectivity index (χ1) is 13.4. The van der Waals surface area contributed by atoms with E-state index in [1.165, 1.54) is 23.4 Å². The first-order valence-electron chi connectivity index (χ1n) is 9.07. The van der Waals surface area contributed by atoms with Crippen molar-refractivity contribution in [1.29, 1.82) is 0 Å². The summed E-state index contributed by atoms with van der Waals surface area (Å²) in [5, 5.41) is 0. The number of carbonyl (C=O) groups excluding carboxylic acids is 1. The summed E-state index contributed by atoms with van der Waals surface area (Å²) < 4.78 is 52.6. The van der Waals surface area contributed by atoms with Crippen molar-refractivity contribution in [3.63, 3.8) is 0 Å². The zero-order valence-electron chi connectivity index (χ0n) is 14.7. The molecule has 2 saturated heterocycles. The van der Waals surface area contributed by atoms with E-state index in [0.29, 0.717) is 19.0 Å². The summed E-state index contributed by atoms with van der Waals surface area (Å²) in [7, 11) is 0. The number of amides is 1. The lowest BCUT2D eigenvalue weighted by Gasteiger charge is -2.35. The minimum Gasteiger partial charge on any atom is -0.448 e. The van der Waals surface area contributed by atoms with Crippen LogP contribution >= 0.6 is 0 Å². The summed E-state index contributed by atoms with van der Waals surface area (Å²) in [5.41, 5.74) is -0.613. The minimum absolute atomic E-state index is 0.0443. The molecule has 10 heteroatoms. The Kier molecular flexibility index (Phi) is 3.87. The molecular weight excluding hydrogens is 377 g/mol. The van der Waals surface area contributed by atoms with Gasteiger partial charge in [0.25, 0.3) is 5.91 Å². The number of ether oxygens (including phenoxy) is 1. The zero-order chi connectivity index (χ0) is 19.5. The number of morpholine rings is 1. The molecule has 28 heavy (non-hydrogen) atoms. The molecule has 1 amide bonds. The monoisotopic (exact) mass is 394 g/mol. The van der Waals surface area contributed by atoms with Gasteiger partial charge in [0.1, 0.15) is 17.3 Å². The van der Waals surface area contributed by atoms with Crippen LogP contribution in [-0.2, 0) is 4.74 Å². The minimum atomic E-state index is -4.52. The molecule has 0 N–H and O–H groups in total. The maximum absolute atomic E-state index is 13.5. The van der Waals surface area contributed by atoms with E-state index in [1.54, 1.807) is 4.90 Å². The molecule has 5 heterocycles. The Morgan fingerprint density at radius 1 is 1.18 bits per heavy atom. The van der Waals surface area contributed by atoms with Crippen molar-refractivity contribution < 1.29 is 27.1 Å². The predicted octanol–water partition coefficient (Wildman–Crippen LogP) is 2.81. The highest BCUT2D eigenvalue weighted by Gasteiger charge is 2.44. The van der Waals surface area contributed by atoms with E-state index in [2.05, 4.69) is 9.97 Å². The molecule has 0 radical (unpaired) electrons. The fraction of sp³-hybridized carbons (Fsp3) is 0.500. The van der Waals surface area contributed by atoms with Gasteiger partial charge in [0, 0.05) is 6.20 Å². The Labute approximate surface area is 157 Å². The largest absolute Gasteiger partial charge is 0.448 e. The van der Waals surface area contributed by atoms with Gasteiger partial charge in [0.15, 0.2) is 6.39 Å². The van der Waals surface area contributed by atoms with Gasteiger partial charge in [-0.3, -0.25) is 9.36 Å². The van der Waals surface area contributed by atoms with Gasteiger partial charge in [-0.25, -0.2) is 9.97 Å². The number of nitrogens with zero attached hydrogens (tertiary/aromatic N) is 4. The fourth-order valence-electron chi connectivity index (χ4n) is 4.35. The lowest BCUT2D eigenvalue weighted by Crippen LogP contribution is -2.49. The number of oxazole rings is 1. The van der Waals surface area contributed by atoms with Crippen molar-refractivity contribution in [2.75, 3.05) is 13.2 Å². The molecule has 0 aliphatic carbocycles. The maximum atomic E-state index is 13.5. The first kappa shape index (κ1) is 17.5. The molecule has 3 aliphatic heterocycles. The van der Waals surface area contributed by atoms with E-state index in [0.717, 1.165) is 19.0 Å². The van der Waals surface area contributed by atoms with Crippen molar-refractivity contribution >= 4 is 12.1 Å². The number of rotatable bonds is 2. The van der Waals surface area contributed by atoms with E-state index in [9.17, 15) is 18.0 Å². The summed E-state index contributed by atoms with van der Waals surface area (Å²) in [5.74, 6) is -0.446. The van der Waals surface area contributed by atoms with Crippen molar-refractivity contribution in [2.45, 2.75) is 43.4 Å². The first-order valence-corrected chi connectivity index (χ1v) is 9.07. The smallest absolute Gasteiger partial charge is 0.414 e. The highest BCUT2D eigenvalue weighted by atomic mass is 19.4. The molecule has 5 rings (SSSR count). The highest BCUT2D eigenvalue weighted by molar-refractivity contribution is 5.94. The number of hydrogen-bond donors (Lipinski definition) is 0. The molecule has 0 saturated carbocycles. The van der Waals surface area contributed by atoms with Gasteiger partial charge in [0.05, 0.1) is 49.2 Å². The number of hydrogen-bond acceptors (Lipinski definition) is 5. The topological polar surface area (TPSA) is 73.4 Å². The van der Waals surface area contributed by atoms with Crippen LogP contribution in [-0.4, -0.2) is 56.8 Å². The van der Waals surface area contributed by atoms with Crippen LogP contribution in [0.25, 0.3) is 6.20 Å². The van der Waals surface area contributed by atoms with Crippen LogP contribution in [0.1, 0.15) is 47.3 Å². The predicted molar refractivity (Wildman–Crippen MR) is 89.3 cm³/mol. The zero-order valence-corrected chi connectivity index (χ0v) is 14.7. The molecule has 3 atom stereocenters. The molecule has 7 nitrogen and oxygen atoms in total. The van der Waals surface area contributed by atoms with E-state index in [1.807, 2.05) is 0 Å². The van der Waals surface area contributed by atoms with Gasteiger partial charge in [-0.15, -0.1) is 0 Å². The third-order valence-corrected chi connectivity index (χ3v) is 5.70. The highest BCUT2D eigenvalue weighted by Crippen LogP contribution is 2.42. The number of carbonyl (C=O) groups is 1. The molecule has 2 fully saturated rings. The van der Waals surface area contributed by atoms with Crippen LogP contribution < -0.4 is 0 Å². The summed E-state index contributed by atoms with van der Waals surface area (Å²) in [6.45, 7) is 0.904. The van der Waals surface area contributed by atoms with Gasteiger partial charge in [-0.1, -0.05) is 0 Å². The third-order valence-electron chi connectivity index (χ3n) is 5.70. The number of fused-ring (bicyclic) bond motifs is 3. The van der Waals surface area contributed by atoms with Crippen molar-refractivity contribution in [1.82, 2.24) is 19.4 Å². The summed E-state index contributed by atoms with van der Waals surface area (Å²) >= 11 is 0. The van der Waals surface area contributed by atoms with E-state index >= 15 is 0 Å². The number of alkyl halides is 3. The Morgan fingerprint density at radius 3 is 2.57 bits per heavy atom. The molecule has 3 unspecified atom stereocenters. The molecule has 2 aromatic heterocycles. The van der Waals surface area contributed by atoms with E-state index < -0.39 is 17.7 Å². The van der Waals surface area contributed by atoms with Gasteiger partial charge in [0.2, 0.25) is 0 Å². The molecule has 0 aromatic carbocycles. The van der Waals surface area contributed by atoms with E-state index in [4.69, 9.17) is 9.15 Å². The normalized spacial score (nSPS) is 26.9. The van der Waals surface area contributed by atoms with E-state index in [-0.39, 0.29) is 35.9 Å². The van der Waals surface area contributed by atoms with Crippen LogP contribution in [0.4, 0.5) is 13.2 Å². The average Bonchev–Trinajstić information content (AvgIpc) is 3.38. The number of aromatic nitrogens is 3. The van der Waals surface area contributed by atoms with Crippen LogP contribution in [0.5, 0.6) is 0 Å². The fourth-order valence-corrected chi connectivity index (χ4v) is 4.35. The van der Waals surface area contributed by atoms with Crippen LogP contribution in [0.3, 0.4) is 0 Å². The molecule has 3 aliphatic rings. The number of allylic oxidation sites excluding steroid dienone is 1. The van der Waals surface area contributed by atoms with Gasteiger partial charge < -0.3 is 14.1 Å². The van der Waals surface area contributed by atoms with Crippen molar-refractivity contribution in [2.24, 2.45) is 0 Å². The van der Waals surface area contributed by atoms with Gasteiger partial charge in [-0.2, -0.15) is 13.2 Å². The average molecular weight is 394 g/mol. The molecule has 0 spiro atoms. The Morgan fingerprint density at radius 2 is 1.93 bits per heavy atom. The van der Waals surface area contributed by atoms with Crippen LogP contribution in [0.2, 0.25) is 0 Å². The molecule has 148 valence electrons. The Bertz CT molecular complexity index is 919. The lowest BCUT2D eigenvalue weighted by atomic mass is 9.94.